The monoisotopic (exact) mass is 714 g/mol. The van der Waals surface area contributed by atoms with Gasteiger partial charge in [0.15, 0.2) is 17.5 Å². The van der Waals surface area contributed by atoms with Gasteiger partial charge in [0.2, 0.25) is 0 Å². The second-order valence-electron chi connectivity index (χ2n) is 14.9. The highest BCUT2D eigenvalue weighted by Gasteiger charge is 2.55. The molecule has 2 aromatic rings. The van der Waals surface area contributed by atoms with Gasteiger partial charge < -0.3 is 14.8 Å². The molecule has 0 aliphatic carbocycles. The number of nitrogens with one attached hydrogen (secondary N) is 1. The maximum atomic E-state index is 14.6. The van der Waals surface area contributed by atoms with E-state index in [-0.39, 0.29) is 46.2 Å². The van der Waals surface area contributed by atoms with Crippen LogP contribution in [0.25, 0.3) is 0 Å². The quantitative estimate of drug-likeness (QED) is 0.159. The van der Waals surface area contributed by atoms with Gasteiger partial charge in [-0.1, -0.05) is 66.2 Å². The number of carbonyl (C=O) groups is 3. The Hall–Kier alpha value is -3.42. The van der Waals surface area contributed by atoms with Crippen molar-refractivity contribution in [2.45, 2.75) is 114 Å². The van der Waals surface area contributed by atoms with Crippen molar-refractivity contribution in [2.24, 2.45) is 10.4 Å². The Kier molecular flexibility index (Phi) is 11.6. The molecule has 11 nitrogen and oxygen atoms in total. The summed E-state index contributed by atoms with van der Waals surface area (Å²) in [5.74, 6) is -1.87. The van der Waals surface area contributed by atoms with Gasteiger partial charge in [-0.3, -0.25) is 13.9 Å². The number of para-hydroxylation sites is 1. The smallest absolute Gasteiger partial charge is 0.418 e. The van der Waals surface area contributed by atoms with E-state index in [1.165, 1.54) is 26.0 Å². The third-order valence-electron chi connectivity index (χ3n) is 7.98. The summed E-state index contributed by atoms with van der Waals surface area (Å²) in [4.78, 5) is 47.9. The number of amides is 3. The second-order valence-corrected chi connectivity index (χ2v) is 18.5. The number of nitrogens with zero attached hydrogens (tertiary/aromatic N) is 3. The first kappa shape index (κ1) is 38.4. The lowest BCUT2D eigenvalue weighted by atomic mass is 9.86. The fourth-order valence-electron chi connectivity index (χ4n) is 6.18. The summed E-state index contributed by atoms with van der Waals surface area (Å²) in [7, 11) is -4.26. The summed E-state index contributed by atoms with van der Waals surface area (Å²) >= 11 is 1.60. The number of hydrogen-bond acceptors (Lipinski definition) is 9. The number of benzene rings is 2. The number of amidine groups is 1. The largest absolute Gasteiger partial charge is 0.433 e. The van der Waals surface area contributed by atoms with Crippen LogP contribution in [0.5, 0.6) is 0 Å². The lowest BCUT2D eigenvalue weighted by molar-refractivity contribution is -0.137. The van der Waals surface area contributed by atoms with Crippen molar-refractivity contribution in [2.75, 3.05) is 25.1 Å². The predicted molar refractivity (Wildman–Crippen MR) is 193 cm³/mol. The topological polar surface area (TPSA) is 135 Å². The molecule has 13 heteroatoms. The average Bonchev–Trinajstić information content (AvgIpc) is 3.17. The van der Waals surface area contributed by atoms with Gasteiger partial charge in [0.05, 0.1) is 11.4 Å². The summed E-state index contributed by atoms with van der Waals surface area (Å²) in [6.45, 7) is 18.3. The maximum absolute atomic E-state index is 14.6. The lowest BCUT2D eigenvalue weighted by Crippen LogP contribution is -2.59. The van der Waals surface area contributed by atoms with Crippen LogP contribution in [-0.4, -0.2) is 77.5 Å². The molecule has 49 heavy (non-hydrogen) atoms. The summed E-state index contributed by atoms with van der Waals surface area (Å²) in [5.41, 5.74) is -0.0953. The minimum atomic E-state index is -4.26. The van der Waals surface area contributed by atoms with Crippen LogP contribution in [0.1, 0.15) is 86.6 Å². The normalized spacial score (nSPS) is 17.8. The minimum Gasteiger partial charge on any atom is -0.433 e. The molecule has 1 atom stereocenters. The van der Waals surface area contributed by atoms with Gasteiger partial charge in [0.25, 0.3) is 21.8 Å². The Labute approximate surface area is 295 Å². The summed E-state index contributed by atoms with van der Waals surface area (Å²) < 4.78 is 40.3. The van der Waals surface area contributed by atoms with Crippen LogP contribution in [0.4, 0.5) is 16.2 Å². The molecule has 2 aromatic carbocycles. The van der Waals surface area contributed by atoms with Crippen LogP contribution >= 0.6 is 11.8 Å². The van der Waals surface area contributed by atoms with E-state index in [4.69, 9.17) is 9.47 Å². The van der Waals surface area contributed by atoms with E-state index in [0.29, 0.717) is 17.2 Å². The minimum absolute atomic E-state index is 0.0427. The molecule has 1 fully saturated rings. The van der Waals surface area contributed by atoms with Crippen molar-refractivity contribution in [1.82, 2.24) is 9.21 Å². The number of ether oxygens (including phenoxy) is 2. The number of cyclic esters (lactones) is 1. The average molecular weight is 715 g/mol. The van der Waals surface area contributed by atoms with Gasteiger partial charge in [-0.05, 0) is 75.3 Å². The van der Waals surface area contributed by atoms with Gasteiger partial charge in [0, 0.05) is 29.4 Å². The molecule has 2 aliphatic heterocycles. The zero-order valence-corrected chi connectivity index (χ0v) is 31.7. The molecule has 1 saturated heterocycles. The number of hydrogen-bond donors (Lipinski definition) is 1. The Morgan fingerprint density at radius 1 is 1.06 bits per heavy atom. The van der Waals surface area contributed by atoms with Crippen molar-refractivity contribution in [3.8, 4) is 0 Å². The molecule has 0 spiro atoms. The van der Waals surface area contributed by atoms with Crippen molar-refractivity contribution in [3.63, 3.8) is 0 Å². The molecule has 0 saturated carbocycles. The highest BCUT2D eigenvalue weighted by molar-refractivity contribution is 8.00. The Balaban J connectivity index is 1.82. The number of thioether (sulfide) groups is 1. The zero-order chi connectivity index (χ0) is 36.4. The first-order valence-electron chi connectivity index (χ1n) is 16.7. The number of fused-ring (bicyclic) bond motifs is 1. The number of unbranched alkanes of at least 4 members (excludes halogenated alkanes) is 1. The van der Waals surface area contributed by atoms with Crippen LogP contribution < -0.4 is 5.32 Å². The van der Waals surface area contributed by atoms with Gasteiger partial charge in [-0.25, -0.2) is 23.1 Å². The first-order valence-corrected chi connectivity index (χ1v) is 19.0. The van der Waals surface area contributed by atoms with Crippen LogP contribution in [-0.2, 0) is 29.1 Å². The van der Waals surface area contributed by atoms with E-state index >= 15 is 0 Å². The second kappa shape index (κ2) is 14.8. The number of sulfonamides is 1. The number of rotatable bonds is 14. The first-order chi connectivity index (χ1) is 22.8. The third kappa shape index (κ3) is 9.04. The van der Waals surface area contributed by atoms with E-state index in [0.717, 1.165) is 34.0 Å². The number of carbonyl (C=O) groups excluding carboxylic acids is 3. The van der Waals surface area contributed by atoms with Gasteiger partial charge >= 0.3 is 6.09 Å². The summed E-state index contributed by atoms with van der Waals surface area (Å²) in [6.07, 6.45) is 1.91. The molecule has 2 aliphatic rings. The molecule has 0 bridgehead atoms. The molecule has 0 aromatic heterocycles. The molecule has 3 amide bonds. The van der Waals surface area contributed by atoms with Gasteiger partial charge in [-0.15, -0.1) is 11.8 Å². The highest BCUT2D eigenvalue weighted by Crippen LogP contribution is 2.44. The number of aliphatic imine (C=N–C) groups is 1. The van der Waals surface area contributed by atoms with Crippen molar-refractivity contribution >= 4 is 56.9 Å². The fourth-order valence-corrected chi connectivity index (χ4v) is 9.26. The third-order valence-corrected chi connectivity index (χ3v) is 11.1. The van der Waals surface area contributed by atoms with Crippen LogP contribution in [0.15, 0.2) is 57.2 Å². The number of aryl methyl sites for hydroxylation is 1. The van der Waals surface area contributed by atoms with Crippen molar-refractivity contribution in [1.29, 1.82) is 0 Å². The maximum Gasteiger partial charge on any atom is 0.418 e. The van der Waals surface area contributed by atoms with E-state index in [2.05, 4.69) is 44.9 Å². The molecular formula is C36H50N4O7S2. The SMILES string of the molecule is CCCCOCCCN1C(C(C(=O)Nc2cc(C)ccc2SC(C)(C)CC(C)(C)C)N2C(=O)OC(C)(C)C2=O)=Nc2ccccc2S1(=O)=O. The Morgan fingerprint density at radius 3 is 2.37 bits per heavy atom. The Bertz CT molecular complexity index is 1710. The molecule has 268 valence electrons. The van der Waals surface area contributed by atoms with E-state index < -0.39 is 39.6 Å². The van der Waals surface area contributed by atoms with E-state index in [1.807, 2.05) is 32.0 Å². The summed E-state index contributed by atoms with van der Waals surface area (Å²) in [6, 6.07) is 10.1. The number of anilines is 1. The summed E-state index contributed by atoms with van der Waals surface area (Å²) in [5, 5.41) is 2.95. The van der Waals surface area contributed by atoms with Crippen molar-refractivity contribution in [3.05, 3.63) is 48.0 Å². The standard InChI is InChI=1S/C36H50N4O7S2/c1-10-11-20-46-21-14-19-39-30(37-25-15-12-13-16-28(25)49(39,44)45)29(40-32(42)36(8,9)47-33(40)43)31(41)38-26-22-24(2)17-18-27(26)48-35(6,7)23-34(3,4)5/h12-13,15-18,22,29H,10-11,14,19-21,23H2,1-9H3,(H,38,41). The molecule has 0 radical (unpaired) electrons. The van der Waals surface area contributed by atoms with Crippen LogP contribution in [0, 0.1) is 12.3 Å². The van der Waals surface area contributed by atoms with E-state index in [1.54, 1.807) is 23.9 Å². The lowest BCUT2D eigenvalue weighted by Gasteiger charge is -2.35. The Morgan fingerprint density at radius 2 is 1.73 bits per heavy atom. The van der Waals surface area contributed by atoms with Gasteiger partial charge in [-0.2, -0.15) is 0 Å². The van der Waals surface area contributed by atoms with E-state index in [9.17, 15) is 22.8 Å². The molecule has 1 N–H and O–H groups in total. The molecule has 1 unspecified atom stereocenters. The molecular weight excluding hydrogens is 665 g/mol. The predicted octanol–water partition coefficient (Wildman–Crippen LogP) is 7.31. The zero-order valence-electron chi connectivity index (χ0n) is 30.1. The highest BCUT2D eigenvalue weighted by atomic mass is 32.2. The van der Waals surface area contributed by atoms with Crippen LogP contribution in [0.2, 0.25) is 0 Å². The van der Waals surface area contributed by atoms with Crippen molar-refractivity contribution < 1.29 is 32.3 Å². The molecule has 4 rings (SSSR count). The fraction of sp³-hybridized carbons (Fsp3) is 0.556. The van der Waals surface area contributed by atoms with Crippen LogP contribution in [0.3, 0.4) is 0 Å². The number of imide groups is 1. The molecule has 2 heterocycles. The van der Waals surface area contributed by atoms with Gasteiger partial charge in [0.1, 0.15) is 4.90 Å².